The van der Waals surface area contributed by atoms with Crippen LogP contribution in [0.5, 0.6) is 5.75 Å². The normalized spacial score (nSPS) is 11.1. The van der Waals surface area contributed by atoms with E-state index in [1.54, 1.807) is 41.8 Å². The van der Waals surface area contributed by atoms with Gasteiger partial charge in [0.1, 0.15) is 16.2 Å². The van der Waals surface area contributed by atoms with Crippen molar-refractivity contribution in [3.63, 3.8) is 0 Å². The maximum atomic E-state index is 13.3. The summed E-state index contributed by atoms with van der Waals surface area (Å²) in [5.74, 6) is 0.110. The first kappa shape index (κ1) is 19.1. The Morgan fingerprint density at radius 2 is 1.76 bits per heavy atom. The van der Waals surface area contributed by atoms with E-state index in [-0.39, 0.29) is 11.3 Å². The molecule has 5 nitrogen and oxygen atoms in total. The number of pyridine rings is 1. The van der Waals surface area contributed by atoms with Gasteiger partial charge in [-0.05, 0) is 43.2 Å². The molecule has 4 rings (SSSR count). The van der Waals surface area contributed by atoms with Crippen molar-refractivity contribution in [1.82, 2.24) is 4.57 Å². The van der Waals surface area contributed by atoms with Crippen LogP contribution in [-0.2, 0) is 6.54 Å². The Morgan fingerprint density at radius 3 is 2.48 bits per heavy atom. The van der Waals surface area contributed by atoms with Gasteiger partial charge in [0.15, 0.2) is 0 Å². The average Bonchev–Trinajstić information content (AvgIpc) is 2.69. The van der Waals surface area contributed by atoms with Crippen LogP contribution in [0.4, 0.5) is 0 Å². The van der Waals surface area contributed by atoms with E-state index >= 15 is 0 Å². The summed E-state index contributed by atoms with van der Waals surface area (Å²) in [6, 6.07) is 18.1. The van der Waals surface area contributed by atoms with Gasteiger partial charge in [0, 0.05) is 16.7 Å². The molecule has 0 fully saturated rings. The molecule has 1 N–H and O–H groups in total. The van der Waals surface area contributed by atoms with E-state index < -0.39 is 5.63 Å². The highest BCUT2D eigenvalue weighted by molar-refractivity contribution is 7.99. The fourth-order valence-electron chi connectivity index (χ4n) is 3.32. The lowest BCUT2D eigenvalue weighted by Gasteiger charge is -2.13. The van der Waals surface area contributed by atoms with Crippen molar-refractivity contribution in [1.29, 1.82) is 0 Å². The summed E-state index contributed by atoms with van der Waals surface area (Å²) in [5, 5.41) is 10.1. The molecule has 2 aromatic heterocycles. The minimum absolute atomic E-state index is 0.110. The summed E-state index contributed by atoms with van der Waals surface area (Å²) in [4.78, 5) is 26.9. The fourth-order valence-corrected chi connectivity index (χ4v) is 4.27. The number of rotatable bonds is 4. The number of benzene rings is 2. The molecular weight excluding hydrogens is 386 g/mol. The largest absolute Gasteiger partial charge is 0.508 e. The SMILES string of the molecule is Cc1c(Sc2cccc(O)c2)c(=O)oc2cc(C)n(Cc3ccccc3)c(=O)c12. The molecule has 0 aliphatic rings. The zero-order valence-electron chi connectivity index (χ0n) is 16.0. The Balaban J connectivity index is 1.88. The standard InChI is InChI=1S/C23H19NO4S/c1-14-11-19-20(22(26)24(14)13-16-7-4-3-5-8-16)15(2)21(23(27)28-19)29-18-10-6-9-17(25)12-18/h3-12,25H,13H2,1-2H3. The second kappa shape index (κ2) is 7.64. The van der Waals surface area contributed by atoms with E-state index in [2.05, 4.69) is 0 Å². The smallest absolute Gasteiger partial charge is 0.350 e. The summed E-state index contributed by atoms with van der Waals surface area (Å²) in [5.41, 5.74) is 1.92. The van der Waals surface area contributed by atoms with E-state index in [9.17, 15) is 14.7 Å². The van der Waals surface area contributed by atoms with Gasteiger partial charge in [-0.15, -0.1) is 0 Å². The molecule has 0 radical (unpaired) electrons. The predicted octanol–water partition coefficient (Wildman–Crippen LogP) is 4.48. The summed E-state index contributed by atoms with van der Waals surface area (Å²) in [6.07, 6.45) is 0. The van der Waals surface area contributed by atoms with Crippen LogP contribution in [0.15, 0.2) is 84.5 Å². The van der Waals surface area contributed by atoms with Gasteiger partial charge in [-0.3, -0.25) is 4.79 Å². The number of nitrogens with zero attached hydrogens (tertiary/aromatic N) is 1. The topological polar surface area (TPSA) is 72.4 Å². The van der Waals surface area contributed by atoms with Gasteiger partial charge >= 0.3 is 5.63 Å². The molecule has 0 saturated carbocycles. The second-order valence-electron chi connectivity index (χ2n) is 6.84. The zero-order valence-corrected chi connectivity index (χ0v) is 16.8. The van der Waals surface area contributed by atoms with Crippen LogP contribution in [0.25, 0.3) is 11.0 Å². The van der Waals surface area contributed by atoms with Crippen molar-refractivity contribution in [3.8, 4) is 5.75 Å². The molecule has 4 aromatic rings. The van der Waals surface area contributed by atoms with E-state index in [1.807, 2.05) is 37.3 Å². The van der Waals surface area contributed by atoms with E-state index in [0.29, 0.717) is 32.9 Å². The van der Waals surface area contributed by atoms with Gasteiger partial charge in [0.25, 0.3) is 5.56 Å². The van der Waals surface area contributed by atoms with Gasteiger partial charge in [0.2, 0.25) is 0 Å². The molecule has 146 valence electrons. The van der Waals surface area contributed by atoms with Crippen LogP contribution >= 0.6 is 11.8 Å². The molecule has 0 aliphatic heterocycles. The highest BCUT2D eigenvalue weighted by atomic mass is 32.2. The lowest BCUT2D eigenvalue weighted by molar-refractivity contribution is 0.474. The average molecular weight is 405 g/mol. The van der Waals surface area contributed by atoms with Crippen molar-refractivity contribution in [2.24, 2.45) is 0 Å². The number of aromatic hydroxyl groups is 1. The first-order chi connectivity index (χ1) is 13.9. The quantitative estimate of drug-likeness (QED) is 0.542. The van der Waals surface area contributed by atoms with Crippen molar-refractivity contribution in [3.05, 3.63) is 98.3 Å². The van der Waals surface area contributed by atoms with E-state index in [4.69, 9.17) is 4.42 Å². The van der Waals surface area contributed by atoms with Gasteiger partial charge in [-0.2, -0.15) is 0 Å². The molecule has 2 heterocycles. The Kier molecular flexibility index (Phi) is 5.03. The maximum Gasteiger partial charge on any atom is 0.350 e. The number of phenolic OH excluding ortho intramolecular Hbond substituents is 1. The van der Waals surface area contributed by atoms with Crippen LogP contribution in [0.2, 0.25) is 0 Å². The van der Waals surface area contributed by atoms with Gasteiger partial charge in [-0.1, -0.05) is 48.2 Å². The summed E-state index contributed by atoms with van der Waals surface area (Å²) in [6.45, 7) is 4.03. The third-order valence-electron chi connectivity index (χ3n) is 4.80. The third kappa shape index (κ3) is 3.71. The number of aryl methyl sites for hydroxylation is 2. The number of phenols is 1. The molecule has 0 bridgehead atoms. The molecule has 0 saturated heterocycles. The zero-order chi connectivity index (χ0) is 20.5. The van der Waals surface area contributed by atoms with E-state index in [1.165, 1.54) is 11.8 Å². The van der Waals surface area contributed by atoms with Crippen molar-refractivity contribution in [2.45, 2.75) is 30.2 Å². The van der Waals surface area contributed by atoms with Gasteiger partial charge < -0.3 is 14.1 Å². The number of fused-ring (bicyclic) bond motifs is 1. The van der Waals surface area contributed by atoms with Crippen LogP contribution in [0.1, 0.15) is 16.8 Å². The number of aromatic nitrogens is 1. The third-order valence-corrected chi connectivity index (χ3v) is 5.96. The molecule has 0 aliphatic carbocycles. The lowest BCUT2D eigenvalue weighted by atomic mass is 10.1. The molecule has 29 heavy (non-hydrogen) atoms. The maximum absolute atomic E-state index is 13.3. The summed E-state index contributed by atoms with van der Waals surface area (Å²) in [7, 11) is 0. The van der Waals surface area contributed by atoms with Gasteiger partial charge in [-0.25, -0.2) is 4.79 Å². The molecule has 0 amide bonds. The van der Waals surface area contributed by atoms with Crippen LogP contribution < -0.4 is 11.2 Å². The van der Waals surface area contributed by atoms with Crippen LogP contribution in [0.3, 0.4) is 0 Å². The molecule has 6 heteroatoms. The Hall–Kier alpha value is -3.25. The minimum Gasteiger partial charge on any atom is -0.508 e. The molecule has 0 unspecified atom stereocenters. The molecular formula is C23H19NO4S. The van der Waals surface area contributed by atoms with Gasteiger partial charge in [0.05, 0.1) is 11.9 Å². The first-order valence-electron chi connectivity index (χ1n) is 9.12. The minimum atomic E-state index is -0.497. The highest BCUT2D eigenvalue weighted by Gasteiger charge is 2.18. The number of hydrogen-bond acceptors (Lipinski definition) is 5. The monoisotopic (exact) mass is 405 g/mol. The summed E-state index contributed by atoms with van der Waals surface area (Å²) < 4.78 is 7.18. The van der Waals surface area contributed by atoms with Crippen molar-refractivity contribution < 1.29 is 9.52 Å². The number of hydrogen-bond donors (Lipinski definition) is 1. The second-order valence-corrected chi connectivity index (χ2v) is 7.93. The van der Waals surface area contributed by atoms with Crippen molar-refractivity contribution >= 4 is 22.7 Å². The Bertz CT molecular complexity index is 1320. The fraction of sp³-hybridized carbons (Fsp3) is 0.130. The summed E-state index contributed by atoms with van der Waals surface area (Å²) >= 11 is 1.18. The predicted molar refractivity (Wildman–Crippen MR) is 114 cm³/mol. The lowest BCUT2D eigenvalue weighted by Crippen LogP contribution is -2.24. The van der Waals surface area contributed by atoms with Crippen molar-refractivity contribution in [2.75, 3.05) is 0 Å². The Morgan fingerprint density at radius 1 is 1.00 bits per heavy atom. The highest BCUT2D eigenvalue weighted by Crippen LogP contribution is 2.32. The van der Waals surface area contributed by atoms with Crippen LogP contribution in [0, 0.1) is 13.8 Å². The molecule has 0 atom stereocenters. The van der Waals surface area contributed by atoms with E-state index in [0.717, 1.165) is 11.3 Å². The molecule has 0 spiro atoms. The first-order valence-corrected chi connectivity index (χ1v) is 9.94. The Labute approximate surface area is 171 Å². The molecule has 2 aromatic carbocycles. The van der Waals surface area contributed by atoms with Crippen LogP contribution in [-0.4, -0.2) is 9.67 Å².